The van der Waals surface area contributed by atoms with Crippen molar-refractivity contribution in [3.63, 3.8) is 0 Å². The zero-order valence-corrected chi connectivity index (χ0v) is 13.5. The zero-order chi connectivity index (χ0) is 16.9. The van der Waals surface area contributed by atoms with E-state index in [4.69, 9.17) is 4.74 Å². The molecule has 24 heavy (non-hydrogen) atoms. The molecule has 4 nitrogen and oxygen atoms in total. The maximum absolute atomic E-state index is 13.5. The van der Waals surface area contributed by atoms with Crippen molar-refractivity contribution in [2.45, 2.75) is 0 Å². The maximum atomic E-state index is 13.5. The molecule has 0 radical (unpaired) electrons. The Morgan fingerprint density at radius 1 is 1.17 bits per heavy atom. The van der Waals surface area contributed by atoms with Gasteiger partial charge in [-0.1, -0.05) is 30.3 Å². The Bertz CT molecular complexity index is 844. The summed E-state index contributed by atoms with van der Waals surface area (Å²) in [4.78, 5) is 17.4. The SMILES string of the molecule is CN(CCOc1ccccc1F)CC(=O)c1c[nH]c2ccccc12. The summed E-state index contributed by atoms with van der Waals surface area (Å²) >= 11 is 0. The van der Waals surface area contributed by atoms with Crippen LogP contribution in [0.5, 0.6) is 5.75 Å². The first-order valence-electron chi connectivity index (χ1n) is 7.80. The molecule has 3 aromatic rings. The van der Waals surface area contributed by atoms with Crippen molar-refractivity contribution in [2.24, 2.45) is 0 Å². The number of likely N-dealkylation sites (N-methyl/N-ethyl adjacent to an activating group) is 1. The molecular weight excluding hydrogens is 307 g/mol. The second kappa shape index (κ2) is 7.27. The van der Waals surface area contributed by atoms with Crippen LogP contribution in [0.3, 0.4) is 0 Å². The Morgan fingerprint density at radius 2 is 1.92 bits per heavy atom. The van der Waals surface area contributed by atoms with Gasteiger partial charge in [0.2, 0.25) is 0 Å². The standard InChI is InChI=1S/C19H19FN2O2/c1-22(10-11-24-19-9-5-3-7-16(19)20)13-18(23)15-12-21-17-8-4-2-6-14(15)17/h2-9,12,21H,10-11,13H2,1H3. The zero-order valence-electron chi connectivity index (χ0n) is 13.5. The summed E-state index contributed by atoms with van der Waals surface area (Å²) in [5.74, 6) is -0.107. The lowest BCUT2D eigenvalue weighted by molar-refractivity contribution is 0.0939. The van der Waals surface area contributed by atoms with Crippen LogP contribution in [0.15, 0.2) is 54.7 Å². The van der Waals surface area contributed by atoms with Crippen LogP contribution in [0.25, 0.3) is 10.9 Å². The molecule has 0 unspecified atom stereocenters. The fourth-order valence-corrected chi connectivity index (χ4v) is 2.58. The van der Waals surface area contributed by atoms with Crippen LogP contribution in [-0.2, 0) is 0 Å². The highest BCUT2D eigenvalue weighted by molar-refractivity contribution is 6.08. The largest absolute Gasteiger partial charge is 0.489 e. The molecule has 1 N–H and O–H groups in total. The van der Waals surface area contributed by atoms with E-state index in [1.165, 1.54) is 6.07 Å². The number of ketones is 1. The van der Waals surface area contributed by atoms with Crippen LogP contribution < -0.4 is 4.74 Å². The average Bonchev–Trinajstić information content (AvgIpc) is 3.01. The number of para-hydroxylation sites is 2. The molecule has 124 valence electrons. The topological polar surface area (TPSA) is 45.3 Å². The molecule has 5 heteroatoms. The van der Waals surface area contributed by atoms with Gasteiger partial charge in [-0.05, 0) is 25.2 Å². The smallest absolute Gasteiger partial charge is 0.178 e. The number of hydrogen-bond acceptors (Lipinski definition) is 3. The molecule has 0 fully saturated rings. The van der Waals surface area contributed by atoms with E-state index < -0.39 is 0 Å². The molecule has 0 amide bonds. The summed E-state index contributed by atoms with van der Waals surface area (Å²) < 4.78 is 18.9. The molecule has 0 spiro atoms. The summed E-state index contributed by atoms with van der Waals surface area (Å²) in [6, 6.07) is 14.0. The fraction of sp³-hybridized carbons (Fsp3) is 0.211. The first kappa shape index (κ1) is 16.2. The van der Waals surface area contributed by atoms with E-state index in [2.05, 4.69) is 4.98 Å². The summed E-state index contributed by atoms with van der Waals surface area (Å²) in [6.45, 7) is 1.13. The highest BCUT2D eigenvalue weighted by Gasteiger charge is 2.14. The Morgan fingerprint density at radius 3 is 2.75 bits per heavy atom. The molecule has 3 rings (SSSR count). The third-order valence-corrected chi connectivity index (χ3v) is 3.87. The molecule has 0 aliphatic carbocycles. The number of aromatic amines is 1. The van der Waals surface area contributed by atoms with Crippen molar-refractivity contribution in [1.29, 1.82) is 0 Å². The number of Topliss-reactive ketones (excluding diaryl/α,β-unsaturated/α-hetero) is 1. The van der Waals surface area contributed by atoms with Crippen molar-refractivity contribution in [1.82, 2.24) is 9.88 Å². The van der Waals surface area contributed by atoms with Gasteiger partial charge >= 0.3 is 0 Å². The van der Waals surface area contributed by atoms with Gasteiger partial charge in [0.1, 0.15) is 6.61 Å². The molecular formula is C19H19FN2O2. The normalized spacial score (nSPS) is 11.1. The summed E-state index contributed by atoms with van der Waals surface area (Å²) in [6.07, 6.45) is 1.75. The Balaban J connectivity index is 1.54. The fourth-order valence-electron chi connectivity index (χ4n) is 2.58. The first-order chi connectivity index (χ1) is 11.6. The van der Waals surface area contributed by atoms with E-state index in [1.54, 1.807) is 24.4 Å². The summed E-state index contributed by atoms with van der Waals surface area (Å²) in [5.41, 5.74) is 1.64. The van der Waals surface area contributed by atoms with Crippen molar-refractivity contribution in [3.8, 4) is 5.75 Å². The number of ether oxygens (including phenoxy) is 1. The quantitative estimate of drug-likeness (QED) is 0.676. The van der Waals surface area contributed by atoms with Crippen molar-refractivity contribution >= 4 is 16.7 Å². The second-order valence-corrected chi connectivity index (χ2v) is 5.69. The third kappa shape index (κ3) is 3.63. The number of rotatable bonds is 7. The lowest BCUT2D eigenvalue weighted by Gasteiger charge is -2.16. The Hall–Kier alpha value is -2.66. The number of nitrogens with one attached hydrogen (secondary N) is 1. The van der Waals surface area contributed by atoms with Crippen LogP contribution in [0.2, 0.25) is 0 Å². The minimum absolute atomic E-state index is 0.0424. The van der Waals surface area contributed by atoms with Gasteiger partial charge in [-0.15, -0.1) is 0 Å². The number of nitrogens with zero attached hydrogens (tertiary/aromatic N) is 1. The molecule has 0 atom stereocenters. The average molecular weight is 326 g/mol. The number of aromatic nitrogens is 1. The van der Waals surface area contributed by atoms with E-state index in [-0.39, 0.29) is 23.9 Å². The number of H-pyrrole nitrogens is 1. The van der Waals surface area contributed by atoms with E-state index in [0.717, 1.165) is 10.9 Å². The molecule has 0 aliphatic rings. The van der Waals surface area contributed by atoms with Crippen molar-refractivity contribution < 1.29 is 13.9 Å². The Kier molecular flexibility index (Phi) is 4.91. The van der Waals surface area contributed by atoms with E-state index in [9.17, 15) is 9.18 Å². The van der Waals surface area contributed by atoms with Gasteiger partial charge < -0.3 is 9.72 Å². The van der Waals surface area contributed by atoms with Crippen molar-refractivity contribution in [2.75, 3.05) is 26.7 Å². The number of halogens is 1. The molecule has 2 aromatic carbocycles. The molecule has 0 saturated heterocycles. The minimum Gasteiger partial charge on any atom is -0.489 e. The van der Waals surface area contributed by atoms with Gasteiger partial charge in [-0.25, -0.2) is 4.39 Å². The van der Waals surface area contributed by atoms with Crippen LogP contribution in [0.4, 0.5) is 4.39 Å². The number of fused-ring (bicyclic) bond motifs is 1. The minimum atomic E-state index is -0.380. The number of benzene rings is 2. The predicted octanol–water partition coefficient (Wildman–Crippen LogP) is 3.50. The number of carbonyl (C=O) groups excluding carboxylic acids is 1. The van der Waals surface area contributed by atoms with Gasteiger partial charge in [0.15, 0.2) is 17.3 Å². The van der Waals surface area contributed by atoms with E-state index in [0.29, 0.717) is 18.7 Å². The molecule has 0 bridgehead atoms. The highest BCUT2D eigenvalue weighted by atomic mass is 19.1. The van der Waals surface area contributed by atoms with Crippen LogP contribution in [0.1, 0.15) is 10.4 Å². The molecule has 0 saturated carbocycles. The first-order valence-corrected chi connectivity index (χ1v) is 7.80. The van der Waals surface area contributed by atoms with Crippen LogP contribution in [-0.4, -0.2) is 42.4 Å². The van der Waals surface area contributed by atoms with Gasteiger partial charge in [0.25, 0.3) is 0 Å². The lowest BCUT2D eigenvalue weighted by Crippen LogP contribution is -2.30. The van der Waals surface area contributed by atoms with E-state index in [1.807, 2.05) is 36.2 Å². The lowest BCUT2D eigenvalue weighted by atomic mass is 10.1. The number of hydrogen-bond donors (Lipinski definition) is 1. The van der Waals surface area contributed by atoms with Gasteiger partial charge in [0.05, 0.1) is 6.54 Å². The predicted molar refractivity (Wildman–Crippen MR) is 92.0 cm³/mol. The summed E-state index contributed by atoms with van der Waals surface area (Å²) in [5, 5.41) is 0.929. The third-order valence-electron chi connectivity index (χ3n) is 3.87. The van der Waals surface area contributed by atoms with Crippen molar-refractivity contribution in [3.05, 3.63) is 66.1 Å². The second-order valence-electron chi connectivity index (χ2n) is 5.69. The number of carbonyl (C=O) groups is 1. The molecule has 1 heterocycles. The Labute approximate surface area is 139 Å². The molecule has 1 aromatic heterocycles. The van der Waals surface area contributed by atoms with Gasteiger partial charge in [-0.2, -0.15) is 0 Å². The highest BCUT2D eigenvalue weighted by Crippen LogP contribution is 2.18. The van der Waals surface area contributed by atoms with Gasteiger partial charge in [-0.3, -0.25) is 9.69 Å². The van der Waals surface area contributed by atoms with Crippen LogP contribution >= 0.6 is 0 Å². The monoisotopic (exact) mass is 326 g/mol. The van der Waals surface area contributed by atoms with Gasteiger partial charge in [0, 0.05) is 29.2 Å². The molecule has 0 aliphatic heterocycles. The maximum Gasteiger partial charge on any atom is 0.178 e. The summed E-state index contributed by atoms with van der Waals surface area (Å²) in [7, 11) is 1.84. The van der Waals surface area contributed by atoms with Crippen LogP contribution in [0, 0.1) is 5.82 Å². The van der Waals surface area contributed by atoms with E-state index >= 15 is 0 Å².